The summed E-state index contributed by atoms with van der Waals surface area (Å²) in [5.74, 6) is 0.379. The van der Waals surface area contributed by atoms with Gasteiger partial charge in [-0.1, -0.05) is 30.3 Å². The largest absolute Gasteiger partial charge is 0.508 e. The van der Waals surface area contributed by atoms with Gasteiger partial charge in [0.15, 0.2) is 6.10 Å². The van der Waals surface area contributed by atoms with Crippen LogP contribution in [0.1, 0.15) is 25.0 Å². The molecule has 2 rings (SSSR count). The zero-order valence-corrected chi connectivity index (χ0v) is 14.8. The van der Waals surface area contributed by atoms with Gasteiger partial charge in [-0.15, -0.1) is 0 Å². The van der Waals surface area contributed by atoms with E-state index in [2.05, 4.69) is 5.32 Å². The van der Waals surface area contributed by atoms with Crippen molar-refractivity contribution in [1.29, 1.82) is 0 Å². The zero-order chi connectivity index (χ0) is 18.4. The number of amides is 1. The van der Waals surface area contributed by atoms with Crippen molar-refractivity contribution < 1.29 is 19.7 Å². The number of carbonyl (C=O) groups excluding carboxylic acids is 1. The van der Waals surface area contributed by atoms with Crippen molar-refractivity contribution >= 4 is 5.91 Å². The molecule has 0 aliphatic carbocycles. The summed E-state index contributed by atoms with van der Waals surface area (Å²) in [6, 6.07) is 14.3. The summed E-state index contributed by atoms with van der Waals surface area (Å²) in [5.41, 5.74) is 1.38. The Morgan fingerprint density at radius 2 is 1.80 bits per heavy atom. The van der Waals surface area contributed by atoms with Crippen LogP contribution in [0.3, 0.4) is 0 Å². The predicted octanol–water partition coefficient (Wildman–Crippen LogP) is 2.58. The number of aromatic hydroxyl groups is 1. The molecule has 0 aromatic heterocycles. The highest BCUT2D eigenvalue weighted by Gasteiger charge is 2.25. The summed E-state index contributed by atoms with van der Waals surface area (Å²) < 4.78 is 5.53. The Bertz CT molecular complexity index is 710. The third-order valence-electron chi connectivity index (χ3n) is 3.84. The van der Waals surface area contributed by atoms with Gasteiger partial charge < -0.3 is 20.3 Å². The average Bonchev–Trinajstić information content (AvgIpc) is 2.55. The monoisotopic (exact) mass is 343 g/mol. The summed E-state index contributed by atoms with van der Waals surface area (Å²) in [5, 5.41) is 22.2. The van der Waals surface area contributed by atoms with Crippen LogP contribution in [-0.4, -0.2) is 34.4 Å². The molecule has 1 atom stereocenters. The Morgan fingerprint density at radius 1 is 1.16 bits per heavy atom. The van der Waals surface area contributed by atoms with E-state index in [0.717, 1.165) is 11.1 Å². The van der Waals surface area contributed by atoms with E-state index < -0.39 is 17.6 Å². The first-order valence-electron chi connectivity index (χ1n) is 8.23. The van der Waals surface area contributed by atoms with E-state index in [9.17, 15) is 15.0 Å². The number of carbonyl (C=O) groups is 1. The minimum atomic E-state index is -1.25. The van der Waals surface area contributed by atoms with Gasteiger partial charge in [0.2, 0.25) is 0 Å². The fourth-order valence-corrected chi connectivity index (χ4v) is 2.55. The molecule has 0 heterocycles. The number of ether oxygens (including phenoxy) is 1. The second-order valence-corrected chi connectivity index (χ2v) is 6.81. The maximum Gasteiger partial charge on any atom is 0.252 e. The van der Waals surface area contributed by atoms with Gasteiger partial charge in [-0.25, -0.2) is 0 Å². The van der Waals surface area contributed by atoms with Crippen LogP contribution < -0.4 is 10.1 Å². The molecule has 5 heteroatoms. The summed E-state index contributed by atoms with van der Waals surface area (Å²) in [4.78, 5) is 12.2. The number of hydrogen-bond donors (Lipinski definition) is 3. The summed E-state index contributed by atoms with van der Waals surface area (Å²) in [6.07, 6.45) is -0.677. The van der Waals surface area contributed by atoms with Gasteiger partial charge in [-0.05, 0) is 56.5 Å². The molecule has 0 saturated carbocycles. The van der Waals surface area contributed by atoms with Crippen molar-refractivity contribution in [3.8, 4) is 11.5 Å². The van der Waals surface area contributed by atoms with E-state index in [1.807, 2.05) is 39.0 Å². The van der Waals surface area contributed by atoms with Crippen LogP contribution in [-0.2, 0) is 11.2 Å². The first-order chi connectivity index (χ1) is 11.8. The molecule has 25 heavy (non-hydrogen) atoms. The molecule has 2 aromatic rings. The number of phenolic OH excluding ortho intramolecular Hbond substituents is 1. The van der Waals surface area contributed by atoms with Crippen LogP contribution in [0.25, 0.3) is 0 Å². The number of aryl methyl sites for hydroxylation is 1. The Balaban J connectivity index is 1.88. The van der Waals surface area contributed by atoms with E-state index in [0.29, 0.717) is 12.2 Å². The van der Waals surface area contributed by atoms with E-state index in [-0.39, 0.29) is 12.4 Å². The average molecular weight is 343 g/mol. The standard InChI is InChI=1S/C20H25NO4/c1-14-6-4-5-7-18(14)25-13-17(23)19(24)21-20(2,3)12-15-8-10-16(22)11-9-15/h4-11,17,22-23H,12-13H2,1-3H3,(H,21,24)/t17-/m1/s1. The lowest BCUT2D eigenvalue weighted by atomic mass is 9.94. The van der Waals surface area contributed by atoms with Crippen molar-refractivity contribution in [2.75, 3.05) is 6.61 Å². The summed E-state index contributed by atoms with van der Waals surface area (Å²) in [7, 11) is 0. The normalized spacial score (nSPS) is 12.5. The SMILES string of the molecule is Cc1ccccc1OC[C@@H](O)C(=O)NC(C)(C)Cc1ccc(O)cc1. The topological polar surface area (TPSA) is 78.8 Å². The van der Waals surface area contributed by atoms with Crippen LogP contribution in [0.15, 0.2) is 48.5 Å². The van der Waals surface area contributed by atoms with Gasteiger partial charge in [-0.3, -0.25) is 4.79 Å². The van der Waals surface area contributed by atoms with Crippen LogP contribution in [0.4, 0.5) is 0 Å². The van der Waals surface area contributed by atoms with Crippen LogP contribution in [0.2, 0.25) is 0 Å². The highest BCUT2D eigenvalue weighted by molar-refractivity contribution is 5.81. The first kappa shape index (κ1) is 18.8. The number of rotatable bonds is 7. The summed E-state index contributed by atoms with van der Waals surface area (Å²) >= 11 is 0. The lowest BCUT2D eigenvalue weighted by Crippen LogP contribution is -2.50. The van der Waals surface area contributed by atoms with Gasteiger partial charge in [0, 0.05) is 5.54 Å². The smallest absolute Gasteiger partial charge is 0.252 e. The van der Waals surface area contributed by atoms with E-state index >= 15 is 0 Å². The maximum absolute atomic E-state index is 12.2. The number of benzene rings is 2. The van der Waals surface area contributed by atoms with Crippen molar-refractivity contribution in [2.45, 2.75) is 38.8 Å². The van der Waals surface area contributed by atoms with E-state index in [4.69, 9.17) is 4.74 Å². The van der Waals surface area contributed by atoms with Crippen LogP contribution in [0, 0.1) is 6.92 Å². The van der Waals surface area contributed by atoms with Gasteiger partial charge >= 0.3 is 0 Å². The molecule has 0 saturated heterocycles. The van der Waals surface area contributed by atoms with E-state index in [1.165, 1.54) is 0 Å². The number of aliphatic hydroxyl groups is 1. The second-order valence-electron chi connectivity index (χ2n) is 6.81. The molecule has 2 aromatic carbocycles. The molecule has 134 valence electrons. The molecule has 0 aliphatic rings. The Kier molecular flexibility index (Phi) is 6.04. The quantitative estimate of drug-likeness (QED) is 0.722. The Morgan fingerprint density at radius 3 is 2.44 bits per heavy atom. The molecule has 0 spiro atoms. The summed E-state index contributed by atoms with van der Waals surface area (Å²) in [6.45, 7) is 5.56. The number of phenols is 1. The second kappa shape index (κ2) is 8.03. The van der Waals surface area contributed by atoms with Gasteiger partial charge in [-0.2, -0.15) is 0 Å². The molecule has 3 N–H and O–H groups in total. The number of hydrogen-bond acceptors (Lipinski definition) is 4. The molecule has 1 amide bonds. The minimum absolute atomic E-state index is 0.105. The predicted molar refractivity (Wildman–Crippen MR) is 96.7 cm³/mol. The molecular formula is C20H25NO4. The van der Waals surface area contributed by atoms with Crippen molar-refractivity contribution in [3.63, 3.8) is 0 Å². The van der Waals surface area contributed by atoms with Gasteiger partial charge in [0.25, 0.3) is 5.91 Å². The Hall–Kier alpha value is -2.53. The van der Waals surface area contributed by atoms with Gasteiger partial charge in [0.05, 0.1) is 0 Å². The lowest BCUT2D eigenvalue weighted by molar-refractivity contribution is -0.132. The molecule has 0 fully saturated rings. The first-order valence-corrected chi connectivity index (χ1v) is 8.23. The minimum Gasteiger partial charge on any atom is -0.508 e. The Labute approximate surface area is 148 Å². The van der Waals surface area contributed by atoms with Gasteiger partial charge in [0.1, 0.15) is 18.1 Å². The van der Waals surface area contributed by atoms with Crippen molar-refractivity contribution in [2.24, 2.45) is 0 Å². The zero-order valence-electron chi connectivity index (χ0n) is 14.8. The van der Waals surface area contributed by atoms with Crippen molar-refractivity contribution in [3.05, 3.63) is 59.7 Å². The molecule has 0 aliphatic heterocycles. The third-order valence-corrected chi connectivity index (χ3v) is 3.84. The van der Waals surface area contributed by atoms with Crippen molar-refractivity contribution in [1.82, 2.24) is 5.32 Å². The fourth-order valence-electron chi connectivity index (χ4n) is 2.55. The molecule has 0 unspecified atom stereocenters. The molecule has 0 radical (unpaired) electrons. The molecule has 5 nitrogen and oxygen atoms in total. The lowest BCUT2D eigenvalue weighted by Gasteiger charge is -2.28. The van der Waals surface area contributed by atoms with E-state index in [1.54, 1.807) is 30.3 Å². The third kappa shape index (κ3) is 5.80. The fraction of sp³-hybridized carbons (Fsp3) is 0.350. The van der Waals surface area contributed by atoms with Crippen LogP contribution in [0.5, 0.6) is 11.5 Å². The highest BCUT2D eigenvalue weighted by Crippen LogP contribution is 2.18. The van der Waals surface area contributed by atoms with Crippen LogP contribution >= 0.6 is 0 Å². The molecular weight excluding hydrogens is 318 g/mol. The number of aliphatic hydroxyl groups excluding tert-OH is 1. The number of para-hydroxylation sites is 1. The highest BCUT2D eigenvalue weighted by atomic mass is 16.5. The number of nitrogens with one attached hydrogen (secondary N) is 1. The molecule has 0 bridgehead atoms. The maximum atomic E-state index is 12.2.